The predicted molar refractivity (Wildman–Crippen MR) is 70.9 cm³/mol. The zero-order valence-corrected chi connectivity index (χ0v) is 13.0. The third-order valence-electron chi connectivity index (χ3n) is 2.94. The first kappa shape index (κ1) is 15.2. The van der Waals surface area contributed by atoms with Crippen LogP contribution in [0.3, 0.4) is 0 Å². The molecule has 0 aromatic rings. The first-order valence-corrected chi connectivity index (χ1v) is 9.56. The summed E-state index contributed by atoms with van der Waals surface area (Å²) in [5.74, 6) is -0.724. The molecule has 1 aliphatic rings. The molecule has 1 N–H and O–H groups in total. The molecular formula is C12H23NO4Si. The van der Waals surface area contributed by atoms with Crippen LogP contribution in [0.1, 0.15) is 20.8 Å². The third kappa shape index (κ3) is 3.32. The van der Waals surface area contributed by atoms with E-state index in [4.69, 9.17) is 9.53 Å². The lowest BCUT2D eigenvalue weighted by atomic mass is 9.78. The number of imide groups is 1. The summed E-state index contributed by atoms with van der Waals surface area (Å²) in [6.07, 6.45) is -1.50. The van der Waals surface area contributed by atoms with Gasteiger partial charge in [0.15, 0.2) is 8.32 Å². The van der Waals surface area contributed by atoms with E-state index in [1.54, 1.807) is 0 Å². The van der Waals surface area contributed by atoms with Crippen molar-refractivity contribution in [3.63, 3.8) is 0 Å². The second kappa shape index (κ2) is 4.66. The molecule has 0 radical (unpaired) electrons. The van der Waals surface area contributed by atoms with Crippen LogP contribution in [-0.2, 0) is 9.22 Å². The van der Waals surface area contributed by atoms with Gasteiger partial charge in [-0.15, -0.1) is 0 Å². The standard InChI is InChI=1S/C12H23NO4Si/c1-12(2,3)9-8(17-18(4,5)6)7-13(10(9)14)11(15)16/h8-9H,7H2,1-6H3,(H,15,16). The van der Waals surface area contributed by atoms with Gasteiger partial charge < -0.3 is 9.53 Å². The summed E-state index contributed by atoms with van der Waals surface area (Å²) < 4.78 is 6.00. The van der Waals surface area contributed by atoms with E-state index in [1.807, 2.05) is 40.4 Å². The Hall–Kier alpha value is -0.883. The number of carboxylic acid groups (broad SMARTS) is 1. The van der Waals surface area contributed by atoms with E-state index in [-0.39, 0.29) is 29.9 Å². The fourth-order valence-electron chi connectivity index (χ4n) is 2.36. The zero-order valence-electron chi connectivity index (χ0n) is 12.0. The molecule has 0 saturated carbocycles. The summed E-state index contributed by atoms with van der Waals surface area (Å²) in [5.41, 5.74) is -0.300. The molecule has 2 atom stereocenters. The van der Waals surface area contributed by atoms with Gasteiger partial charge in [0, 0.05) is 0 Å². The summed E-state index contributed by atoms with van der Waals surface area (Å²) >= 11 is 0. The minimum Gasteiger partial charge on any atom is -0.465 e. The van der Waals surface area contributed by atoms with Crippen molar-refractivity contribution < 1.29 is 19.1 Å². The quantitative estimate of drug-likeness (QED) is 0.784. The molecule has 0 aromatic carbocycles. The minimum atomic E-state index is -1.81. The molecule has 0 spiro atoms. The topological polar surface area (TPSA) is 66.8 Å². The van der Waals surface area contributed by atoms with Crippen molar-refractivity contribution in [1.29, 1.82) is 0 Å². The molecule has 5 nitrogen and oxygen atoms in total. The molecule has 1 aliphatic heterocycles. The molecule has 0 aromatic heterocycles. The third-order valence-corrected chi connectivity index (χ3v) is 3.95. The maximum absolute atomic E-state index is 12.2. The van der Waals surface area contributed by atoms with Crippen molar-refractivity contribution in [3.05, 3.63) is 0 Å². The molecule has 1 saturated heterocycles. The Kier molecular flexibility index (Phi) is 3.93. The Bertz CT molecular complexity index is 356. The number of rotatable bonds is 2. The smallest absolute Gasteiger partial charge is 0.414 e. The first-order chi connectivity index (χ1) is 7.93. The molecule has 1 fully saturated rings. The summed E-state index contributed by atoms with van der Waals surface area (Å²) in [6.45, 7) is 12.1. The van der Waals surface area contributed by atoms with E-state index in [0.29, 0.717) is 0 Å². The molecule has 0 bridgehead atoms. The predicted octanol–water partition coefficient (Wildman–Crippen LogP) is 2.39. The SMILES string of the molecule is CC(C)(C)C1C(=O)N(C(=O)O)CC1O[Si](C)(C)C. The largest absolute Gasteiger partial charge is 0.465 e. The second-order valence-corrected chi connectivity index (χ2v) is 11.3. The number of carbonyl (C=O) groups is 2. The Labute approximate surface area is 109 Å². The van der Waals surface area contributed by atoms with E-state index < -0.39 is 14.4 Å². The maximum atomic E-state index is 12.2. The number of amides is 2. The Morgan fingerprint density at radius 2 is 1.89 bits per heavy atom. The number of likely N-dealkylation sites (tertiary alicyclic amines) is 1. The highest BCUT2D eigenvalue weighted by Crippen LogP contribution is 2.37. The number of hydrogen-bond acceptors (Lipinski definition) is 3. The van der Waals surface area contributed by atoms with Gasteiger partial charge >= 0.3 is 6.09 Å². The van der Waals surface area contributed by atoms with Gasteiger partial charge in [0.25, 0.3) is 0 Å². The highest BCUT2D eigenvalue weighted by Gasteiger charge is 2.50. The lowest BCUT2D eigenvalue weighted by Gasteiger charge is -2.33. The molecule has 6 heteroatoms. The van der Waals surface area contributed by atoms with Gasteiger partial charge in [-0.3, -0.25) is 4.79 Å². The van der Waals surface area contributed by atoms with Crippen LogP contribution in [0.2, 0.25) is 19.6 Å². The summed E-state index contributed by atoms with van der Waals surface area (Å²) in [6, 6.07) is 0. The van der Waals surface area contributed by atoms with E-state index in [2.05, 4.69) is 0 Å². The fourth-order valence-corrected chi connectivity index (χ4v) is 3.48. The van der Waals surface area contributed by atoms with Crippen LogP contribution in [0.15, 0.2) is 0 Å². The second-order valence-electron chi connectivity index (χ2n) is 6.84. The van der Waals surface area contributed by atoms with Gasteiger partial charge in [0.05, 0.1) is 18.6 Å². The lowest BCUT2D eigenvalue weighted by molar-refractivity contribution is -0.132. The lowest BCUT2D eigenvalue weighted by Crippen LogP contribution is -2.41. The van der Waals surface area contributed by atoms with Crippen LogP contribution in [0.25, 0.3) is 0 Å². The number of hydrogen-bond donors (Lipinski definition) is 1. The minimum absolute atomic E-state index is 0.153. The Morgan fingerprint density at radius 3 is 2.22 bits per heavy atom. The summed E-state index contributed by atoms with van der Waals surface area (Å²) in [5, 5.41) is 9.04. The normalized spacial score (nSPS) is 25.7. The molecule has 1 heterocycles. The highest BCUT2D eigenvalue weighted by atomic mass is 28.4. The molecule has 18 heavy (non-hydrogen) atoms. The number of carbonyl (C=O) groups excluding carboxylic acids is 1. The molecular weight excluding hydrogens is 250 g/mol. The first-order valence-electron chi connectivity index (χ1n) is 6.15. The van der Waals surface area contributed by atoms with Crippen molar-refractivity contribution in [2.24, 2.45) is 11.3 Å². The average molecular weight is 273 g/mol. The van der Waals surface area contributed by atoms with Crippen molar-refractivity contribution in [1.82, 2.24) is 4.90 Å². The van der Waals surface area contributed by atoms with E-state index in [1.165, 1.54) is 0 Å². The van der Waals surface area contributed by atoms with Crippen molar-refractivity contribution in [3.8, 4) is 0 Å². The van der Waals surface area contributed by atoms with Crippen LogP contribution < -0.4 is 0 Å². The van der Waals surface area contributed by atoms with Crippen LogP contribution in [-0.4, -0.2) is 43.0 Å². The van der Waals surface area contributed by atoms with Gasteiger partial charge in [-0.1, -0.05) is 20.8 Å². The Balaban J connectivity index is 3.01. The molecule has 2 amide bonds. The summed E-state index contributed by atoms with van der Waals surface area (Å²) in [4.78, 5) is 24.1. The van der Waals surface area contributed by atoms with Crippen molar-refractivity contribution in [2.45, 2.75) is 46.5 Å². The van der Waals surface area contributed by atoms with Gasteiger partial charge in [-0.05, 0) is 25.1 Å². The van der Waals surface area contributed by atoms with E-state index in [9.17, 15) is 9.59 Å². The van der Waals surface area contributed by atoms with Gasteiger partial charge in [-0.2, -0.15) is 0 Å². The zero-order chi connectivity index (χ0) is 14.3. The Morgan fingerprint density at radius 1 is 1.39 bits per heavy atom. The monoisotopic (exact) mass is 273 g/mol. The van der Waals surface area contributed by atoms with Crippen LogP contribution in [0.4, 0.5) is 4.79 Å². The van der Waals surface area contributed by atoms with E-state index >= 15 is 0 Å². The molecule has 1 rings (SSSR count). The van der Waals surface area contributed by atoms with Crippen molar-refractivity contribution in [2.75, 3.05) is 6.54 Å². The van der Waals surface area contributed by atoms with Gasteiger partial charge in [-0.25, -0.2) is 9.69 Å². The van der Waals surface area contributed by atoms with Gasteiger partial charge in [0.2, 0.25) is 5.91 Å². The maximum Gasteiger partial charge on any atom is 0.414 e. The van der Waals surface area contributed by atoms with E-state index in [0.717, 1.165) is 4.90 Å². The average Bonchev–Trinajstić information content (AvgIpc) is 2.37. The summed E-state index contributed by atoms with van der Waals surface area (Å²) in [7, 11) is -1.81. The molecule has 0 aliphatic carbocycles. The number of nitrogens with zero attached hydrogens (tertiary/aromatic N) is 1. The molecule has 2 unspecified atom stereocenters. The van der Waals surface area contributed by atoms with Crippen LogP contribution >= 0.6 is 0 Å². The van der Waals surface area contributed by atoms with Crippen molar-refractivity contribution >= 4 is 20.3 Å². The fraction of sp³-hybridized carbons (Fsp3) is 0.833. The van der Waals surface area contributed by atoms with Gasteiger partial charge in [0.1, 0.15) is 0 Å². The highest BCUT2D eigenvalue weighted by molar-refractivity contribution is 6.69. The van der Waals surface area contributed by atoms with Crippen LogP contribution in [0.5, 0.6) is 0 Å². The van der Waals surface area contributed by atoms with Crippen LogP contribution in [0, 0.1) is 11.3 Å². The molecule has 104 valence electrons.